The Labute approximate surface area is 203 Å². The quantitative estimate of drug-likeness (QED) is 0.334. The molecule has 1 amide bonds. The third-order valence-electron chi connectivity index (χ3n) is 6.12. The highest BCUT2D eigenvalue weighted by molar-refractivity contribution is 5.96. The van der Waals surface area contributed by atoms with E-state index in [1.807, 2.05) is 42.5 Å². The number of carbonyl (C=O) groups excluding carboxylic acids is 1. The van der Waals surface area contributed by atoms with Gasteiger partial charge in [0, 0.05) is 23.2 Å². The number of nitrogens with one attached hydrogen (secondary N) is 1. The maximum absolute atomic E-state index is 11.9. The number of benzene rings is 2. The van der Waals surface area contributed by atoms with E-state index in [4.69, 9.17) is 13.9 Å². The molecule has 1 aliphatic rings. The first kappa shape index (κ1) is 22.5. The highest BCUT2D eigenvalue weighted by Crippen LogP contribution is 2.43. The summed E-state index contributed by atoms with van der Waals surface area (Å²) in [5, 5.41) is 13.8. The van der Waals surface area contributed by atoms with Gasteiger partial charge in [0.05, 0.1) is 29.1 Å². The second-order valence-corrected chi connectivity index (χ2v) is 8.84. The third kappa shape index (κ3) is 4.58. The van der Waals surface area contributed by atoms with E-state index in [-0.39, 0.29) is 12.7 Å². The summed E-state index contributed by atoms with van der Waals surface area (Å²) in [6.45, 7) is 3.83. The number of ether oxygens (including phenoxy) is 2. The van der Waals surface area contributed by atoms with Gasteiger partial charge in [0.2, 0.25) is 5.89 Å². The van der Waals surface area contributed by atoms with E-state index in [0.717, 1.165) is 41.4 Å². The van der Waals surface area contributed by atoms with Crippen molar-refractivity contribution < 1.29 is 18.7 Å². The van der Waals surface area contributed by atoms with Crippen LogP contribution in [0.3, 0.4) is 0 Å². The molecule has 8 nitrogen and oxygen atoms in total. The number of nitriles is 1. The molecule has 1 aliphatic carbocycles. The van der Waals surface area contributed by atoms with Crippen LogP contribution in [0.5, 0.6) is 5.75 Å². The van der Waals surface area contributed by atoms with Crippen LogP contribution < -0.4 is 10.1 Å². The molecule has 0 unspecified atom stereocenters. The van der Waals surface area contributed by atoms with Crippen molar-refractivity contribution in [3.63, 3.8) is 0 Å². The molecule has 4 aromatic rings. The number of amides is 1. The van der Waals surface area contributed by atoms with Gasteiger partial charge in [-0.05, 0) is 62.9 Å². The van der Waals surface area contributed by atoms with E-state index >= 15 is 0 Å². The molecule has 0 spiro atoms. The van der Waals surface area contributed by atoms with Crippen LogP contribution in [0.15, 0.2) is 59.3 Å². The van der Waals surface area contributed by atoms with Crippen LogP contribution in [-0.2, 0) is 11.3 Å². The molecule has 0 saturated heterocycles. The predicted octanol–water partition coefficient (Wildman–Crippen LogP) is 6.43. The Bertz CT molecular complexity index is 1380. The zero-order valence-corrected chi connectivity index (χ0v) is 19.7. The van der Waals surface area contributed by atoms with Gasteiger partial charge < -0.3 is 18.5 Å². The van der Waals surface area contributed by atoms with E-state index in [1.54, 1.807) is 20.0 Å². The van der Waals surface area contributed by atoms with Crippen LogP contribution in [0.4, 0.5) is 10.5 Å². The largest absolute Gasteiger partial charge is 0.484 e. The maximum Gasteiger partial charge on any atom is 0.411 e. The van der Waals surface area contributed by atoms with Crippen LogP contribution >= 0.6 is 0 Å². The molecule has 2 heterocycles. The number of hydrogen-bond acceptors (Lipinski definition) is 6. The van der Waals surface area contributed by atoms with Crippen LogP contribution in [0.2, 0.25) is 0 Å². The summed E-state index contributed by atoms with van der Waals surface area (Å²) in [5.41, 5.74) is 4.02. The van der Waals surface area contributed by atoms with Crippen LogP contribution in [-0.4, -0.2) is 21.7 Å². The minimum atomic E-state index is -0.494. The summed E-state index contributed by atoms with van der Waals surface area (Å²) in [5.74, 6) is 1.19. The maximum atomic E-state index is 11.9. The minimum Gasteiger partial charge on any atom is -0.484 e. The number of anilines is 1. The molecule has 8 heteroatoms. The van der Waals surface area contributed by atoms with Crippen molar-refractivity contribution in [2.45, 2.75) is 51.9 Å². The molecule has 1 saturated carbocycles. The van der Waals surface area contributed by atoms with Gasteiger partial charge in [0.1, 0.15) is 18.1 Å². The molecule has 0 aliphatic heterocycles. The third-order valence-corrected chi connectivity index (χ3v) is 6.12. The summed E-state index contributed by atoms with van der Waals surface area (Å²) >= 11 is 0. The molecule has 2 aromatic heterocycles. The fraction of sp³-hybridized carbons (Fsp3) is 0.296. The molecule has 5 rings (SSSR count). The number of rotatable bonds is 7. The van der Waals surface area contributed by atoms with Gasteiger partial charge in [-0.2, -0.15) is 5.26 Å². The molecular weight excluding hydrogens is 444 g/mol. The molecule has 35 heavy (non-hydrogen) atoms. The van der Waals surface area contributed by atoms with Gasteiger partial charge in [-0.1, -0.05) is 12.1 Å². The Hall–Kier alpha value is -4.25. The lowest BCUT2D eigenvalue weighted by Gasteiger charge is -2.30. The first-order valence-corrected chi connectivity index (χ1v) is 11.7. The van der Waals surface area contributed by atoms with Crippen LogP contribution in [0, 0.1) is 11.3 Å². The lowest BCUT2D eigenvalue weighted by atomic mass is 9.92. The van der Waals surface area contributed by atoms with Gasteiger partial charge in [0.15, 0.2) is 6.61 Å². The SMILES string of the molecule is CC(C)OC(=O)Nc1ccc(-c2c(C#N)c3ccc(OCc4ncco4)cc3n2C2CCC2)cc1. The van der Waals surface area contributed by atoms with E-state index in [2.05, 4.69) is 20.9 Å². The first-order chi connectivity index (χ1) is 17.0. The predicted molar refractivity (Wildman–Crippen MR) is 131 cm³/mol. The fourth-order valence-corrected chi connectivity index (χ4v) is 4.34. The van der Waals surface area contributed by atoms with Crippen molar-refractivity contribution >= 4 is 22.7 Å². The fourth-order valence-electron chi connectivity index (χ4n) is 4.34. The van der Waals surface area contributed by atoms with Gasteiger partial charge in [-0.3, -0.25) is 5.32 Å². The standard InChI is InChI=1S/C27H26N4O4/c1-17(2)35-27(32)30-19-8-6-18(7-9-19)26-23(15-28)22-11-10-21(34-16-25-29-12-13-33-25)14-24(22)31(26)20-4-3-5-20/h6-14,17,20H,3-5,16H2,1-2H3,(H,30,32). The Morgan fingerprint density at radius 3 is 2.69 bits per heavy atom. The Morgan fingerprint density at radius 2 is 2.06 bits per heavy atom. The number of carbonyl (C=O) groups is 1. The normalized spacial score (nSPS) is 13.4. The first-order valence-electron chi connectivity index (χ1n) is 11.7. The molecule has 178 valence electrons. The molecule has 2 aromatic carbocycles. The zero-order valence-electron chi connectivity index (χ0n) is 19.7. The summed E-state index contributed by atoms with van der Waals surface area (Å²) in [6, 6.07) is 16.0. The summed E-state index contributed by atoms with van der Waals surface area (Å²) in [6.07, 6.45) is 5.69. The minimum absolute atomic E-state index is 0.199. The number of fused-ring (bicyclic) bond motifs is 1. The monoisotopic (exact) mass is 470 g/mol. The number of oxazole rings is 1. The smallest absolute Gasteiger partial charge is 0.411 e. The van der Waals surface area contributed by atoms with Gasteiger partial charge in [-0.25, -0.2) is 9.78 Å². The number of nitrogens with zero attached hydrogens (tertiary/aromatic N) is 3. The summed E-state index contributed by atoms with van der Waals surface area (Å²) < 4.78 is 18.6. The molecule has 1 fully saturated rings. The Kier molecular flexibility index (Phi) is 6.15. The lowest BCUT2D eigenvalue weighted by molar-refractivity contribution is 0.130. The van der Waals surface area contributed by atoms with Crippen molar-refractivity contribution in [1.29, 1.82) is 5.26 Å². The number of aromatic nitrogens is 2. The molecule has 1 N–H and O–H groups in total. The summed E-state index contributed by atoms with van der Waals surface area (Å²) in [4.78, 5) is 16.0. The molecule has 0 bridgehead atoms. The molecule has 0 radical (unpaired) electrons. The van der Waals surface area contributed by atoms with E-state index in [1.165, 1.54) is 6.26 Å². The van der Waals surface area contributed by atoms with Gasteiger partial charge >= 0.3 is 6.09 Å². The second kappa shape index (κ2) is 9.55. The van der Waals surface area contributed by atoms with E-state index in [9.17, 15) is 10.1 Å². The zero-order chi connectivity index (χ0) is 24.4. The molecular formula is C27H26N4O4. The Morgan fingerprint density at radius 1 is 1.26 bits per heavy atom. The van der Waals surface area contributed by atoms with Gasteiger partial charge in [0.25, 0.3) is 0 Å². The van der Waals surface area contributed by atoms with Crippen molar-refractivity contribution in [1.82, 2.24) is 9.55 Å². The number of hydrogen-bond donors (Lipinski definition) is 1. The van der Waals surface area contributed by atoms with E-state index in [0.29, 0.717) is 28.9 Å². The van der Waals surface area contributed by atoms with Crippen molar-refractivity contribution in [3.8, 4) is 23.1 Å². The van der Waals surface area contributed by atoms with Crippen LogP contribution in [0.25, 0.3) is 22.2 Å². The second-order valence-electron chi connectivity index (χ2n) is 8.84. The average Bonchev–Trinajstić information content (AvgIpc) is 3.43. The van der Waals surface area contributed by atoms with Crippen molar-refractivity contribution in [3.05, 3.63) is 66.4 Å². The average molecular weight is 471 g/mol. The molecule has 0 atom stereocenters. The highest BCUT2D eigenvalue weighted by atomic mass is 16.6. The van der Waals surface area contributed by atoms with Crippen molar-refractivity contribution in [2.75, 3.05) is 5.32 Å². The van der Waals surface area contributed by atoms with Gasteiger partial charge in [-0.15, -0.1) is 0 Å². The van der Waals surface area contributed by atoms with Crippen molar-refractivity contribution in [2.24, 2.45) is 0 Å². The lowest BCUT2D eigenvalue weighted by Crippen LogP contribution is -2.18. The highest BCUT2D eigenvalue weighted by Gasteiger charge is 2.28. The van der Waals surface area contributed by atoms with E-state index < -0.39 is 6.09 Å². The topological polar surface area (TPSA) is 102 Å². The Balaban J connectivity index is 1.51. The van der Waals surface area contributed by atoms with Crippen LogP contribution in [0.1, 0.15) is 50.6 Å². The summed E-state index contributed by atoms with van der Waals surface area (Å²) in [7, 11) is 0.